The second kappa shape index (κ2) is 8.72. The van der Waals surface area contributed by atoms with Crippen LogP contribution in [0.3, 0.4) is 0 Å². The third kappa shape index (κ3) is 4.81. The van der Waals surface area contributed by atoms with Gasteiger partial charge in [0.05, 0.1) is 17.3 Å². The molecular formula is C23H24F3N5O. The summed E-state index contributed by atoms with van der Waals surface area (Å²) in [5.41, 5.74) is 1.52. The average Bonchev–Trinajstić information content (AvgIpc) is 3.34. The second-order valence-corrected chi connectivity index (χ2v) is 8.08. The number of pyridine rings is 1. The van der Waals surface area contributed by atoms with Gasteiger partial charge in [-0.2, -0.15) is 18.3 Å². The number of amides is 1. The molecule has 9 heteroatoms. The van der Waals surface area contributed by atoms with Gasteiger partial charge in [-0.1, -0.05) is 24.3 Å². The van der Waals surface area contributed by atoms with Crippen LogP contribution in [0.15, 0.2) is 42.6 Å². The first-order valence-corrected chi connectivity index (χ1v) is 10.5. The molecule has 2 aromatic heterocycles. The highest BCUT2D eigenvalue weighted by Crippen LogP contribution is 2.32. The van der Waals surface area contributed by atoms with E-state index in [1.165, 1.54) is 12.1 Å². The van der Waals surface area contributed by atoms with Gasteiger partial charge in [0.1, 0.15) is 18.2 Å². The maximum atomic E-state index is 12.9. The summed E-state index contributed by atoms with van der Waals surface area (Å²) in [6.45, 7) is 4.40. The molecular weight excluding hydrogens is 419 g/mol. The summed E-state index contributed by atoms with van der Waals surface area (Å²) in [5, 5.41) is 4.26. The Morgan fingerprint density at radius 3 is 2.62 bits per heavy atom. The van der Waals surface area contributed by atoms with Crippen molar-refractivity contribution in [3.63, 3.8) is 0 Å². The van der Waals surface area contributed by atoms with Crippen LogP contribution in [-0.4, -0.2) is 37.1 Å². The Balaban J connectivity index is 1.45. The van der Waals surface area contributed by atoms with Gasteiger partial charge in [0, 0.05) is 12.7 Å². The van der Waals surface area contributed by atoms with Gasteiger partial charge in [0.15, 0.2) is 0 Å². The lowest BCUT2D eigenvalue weighted by molar-refractivity contribution is -0.137. The highest BCUT2D eigenvalue weighted by Gasteiger charge is 2.32. The van der Waals surface area contributed by atoms with Crippen molar-refractivity contribution in [2.45, 2.75) is 51.9 Å². The topological polar surface area (TPSA) is 63.9 Å². The average molecular weight is 443 g/mol. The van der Waals surface area contributed by atoms with Crippen LogP contribution < -0.4 is 0 Å². The first-order valence-electron chi connectivity index (χ1n) is 10.5. The zero-order valence-corrected chi connectivity index (χ0v) is 17.9. The standard InChI is InChI=1S/C23H24F3N5O/c1-15-28-16(2)31(29-15)14-22(32)30-10-4-7-21(30)20-9-8-18(13-27-20)11-17-5-3-6-19(12-17)23(24,25)26/h3,5-6,8-9,12-13,21H,4,7,10-11,14H2,1-2H3/t21-/m0/s1. The number of nitrogens with zero attached hydrogens (tertiary/aromatic N) is 5. The molecule has 0 bridgehead atoms. The zero-order chi connectivity index (χ0) is 22.9. The van der Waals surface area contributed by atoms with Crippen molar-refractivity contribution >= 4 is 5.91 Å². The molecule has 168 valence electrons. The van der Waals surface area contributed by atoms with E-state index in [2.05, 4.69) is 15.1 Å². The summed E-state index contributed by atoms with van der Waals surface area (Å²) in [6.07, 6.45) is -0.614. The molecule has 0 N–H and O–H groups in total. The minimum absolute atomic E-state index is 0.0321. The summed E-state index contributed by atoms with van der Waals surface area (Å²) >= 11 is 0. The van der Waals surface area contributed by atoms with Gasteiger partial charge in [0.25, 0.3) is 0 Å². The molecule has 1 aliphatic heterocycles. The Hall–Kier alpha value is -3.23. The van der Waals surface area contributed by atoms with E-state index in [1.807, 2.05) is 24.0 Å². The molecule has 0 spiro atoms. The van der Waals surface area contributed by atoms with E-state index in [-0.39, 0.29) is 18.5 Å². The van der Waals surface area contributed by atoms with Crippen LogP contribution in [0.25, 0.3) is 0 Å². The normalized spacial score (nSPS) is 16.5. The number of carbonyl (C=O) groups is 1. The minimum Gasteiger partial charge on any atom is -0.332 e. The third-order valence-corrected chi connectivity index (χ3v) is 5.67. The number of aryl methyl sites for hydroxylation is 2. The van der Waals surface area contributed by atoms with Crippen LogP contribution >= 0.6 is 0 Å². The quantitative estimate of drug-likeness (QED) is 0.591. The van der Waals surface area contributed by atoms with Gasteiger partial charge in [-0.15, -0.1) is 0 Å². The van der Waals surface area contributed by atoms with Gasteiger partial charge in [-0.05, 0) is 56.4 Å². The molecule has 4 rings (SSSR count). The first-order chi connectivity index (χ1) is 15.2. The van der Waals surface area contributed by atoms with Crippen LogP contribution in [0.5, 0.6) is 0 Å². The molecule has 1 fully saturated rings. The number of carbonyl (C=O) groups excluding carboxylic acids is 1. The summed E-state index contributed by atoms with van der Waals surface area (Å²) in [6, 6.07) is 8.94. The van der Waals surface area contributed by atoms with Crippen LogP contribution in [0.2, 0.25) is 0 Å². The highest BCUT2D eigenvalue weighted by atomic mass is 19.4. The van der Waals surface area contributed by atoms with E-state index in [1.54, 1.807) is 23.9 Å². The lowest BCUT2D eigenvalue weighted by Crippen LogP contribution is -2.34. The molecule has 0 saturated carbocycles. The zero-order valence-electron chi connectivity index (χ0n) is 17.9. The van der Waals surface area contributed by atoms with Crippen molar-refractivity contribution < 1.29 is 18.0 Å². The lowest BCUT2D eigenvalue weighted by atomic mass is 10.0. The van der Waals surface area contributed by atoms with E-state index in [4.69, 9.17) is 0 Å². The van der Waals surface area contributed by atoms with Crippen LogP contribution in [-0.2, 0) is 23.9 Å². The fourth-order valence-electron chi connectivity index (χ4n) is 4.13. The predicted octanol–water partition coefficient (Wildman–Crippen LogP) is 4.26. The molecule has 0 radical (unpaired) electrons. The van der Waals surface area contributed by atoms with Crippen molar-refractivity contribution in [1.82, 2.24) is 24.6 Å². The molecule has 6 nitrogen and oxygen atoms in total. The van der Waals surface area contributed by atoms with Crippen molar-refractivity contribution in [3.8, 4) is 0 Å². The smallest absolute Gasteiger partial charge is 0.332 e. The summed E-state index contributed by atoms with van der Waals surface area (Å²) < 4.78 is 40.4. The largest absolute Gasteiger partial charge is 0.416 e. The maximum Gasteiger partial charge on any atom is 0.416 e. The number of benzene rings is 1. The second-order valence-electron chi connectivity index (χ2n) is 8.08. The molecule has 3 heterocycles. The summed E-state index contributed by atoms with van der Waals surface area (Å²) in [5.74, 6) is 1.30. The van der Waals surface area contributed by atoms with Gasteiger partial charge < -0.3 is 4.90 Å². The molecule has 1 atom stereocenters. The summed E-state index contributed by atoms with van der Waals surface area (Å²) in [7, 11) is 0. The number of likely N-dealkylation sites (tertiary alicyclic amines) is 1. The maximum absolute atomic E-state index is 12.9. The third-order valence-electron chi connectivity index (χ3n) is 5.67. The molecule has 1 saturated heterocycles. The number of alkyl halides is 3. The van der Waals surface area contributed by atoms with Gasteiger partial charge >= 0.3 is 6.18 Å². The SMILES string of the molecule is Cc1nc(C)n(CC(=O)N2CCC[C@H]2c2ccc(Cc3cccc(C(F)(F)F)c3)cn2)n1. The fourth-order valence-corrected chi connectivity index (χ4v) is 4.13. The summed E-state index contributed by atoms with van der Waals surface area (Å²) in [4.78, 5) is 23.5. The Morgan fingerprint density at radius 2 is 1.97 bits per heavy atom. The number of aromatic nitrogens is 4. The Labute approximate surface area is 184 Å². The lowest BCUT2D eigenvalue weighted by Gasteiger charge is -2.24. The fraction of sp³-hybridized carbons (Fsp3) is 0.391. The highest BCUT2D eigenvalue weighted by molar-refractivity contribution is 5.76. The van der Waals surface area contributed by atoms with Crippen LogP contribution in [0.4, 0.5) is 13.2 Å². The van der Waals surface area contributed by atoms with Crippen molar-refractivity contribution in [1.29, 1.82) is 0 Å². The monoisotopic (exact) mass is 443 g/mol. The van der Waals surface area contributed by atoms with Crippen LogP contribution in [0, 0.1) is 13.8 Å². The van der Waals surface area contributed by atoms with Crippen molar-refractivity contribution in [2.75, 3.05) is 6.54 Å². The Morgan fingerprint density at radius 1 is 1.16 bits per heavy atom. The number of hydrogen-bond donors (Lipinski definition) is 0. The Bertz CT molecular complexity index is 1110. The van der Waals surface area contributed by atoms with E-state index in [9.17, 15) is 18.0 Å². The molecule has 3 aromatic rings. The van der Waals surface area contributed by atoms with Gasteiger partial charge in [-0.25, -0.2) is 9.67 Å². The number of halogens is 3. The molecule has 1 amide bonds. The van der Waals surface area contributed by atoms with Crippen molar-refractivity contribution in [2.24, 2.45) is 0 Å². The van der Waals surface area contributed by atoms with E-state index in [0.29, 0.717) is 30.2 Å². The predicted molar refractivity (Wildman–Crippen MR) is 112 cm³/mol. The van der Waals surface area contributed by atoms with Gasteiger partial charge in [0.2, 0.25) is 5.91 Å². The molecule has 32 heavy (non-hydrogen) atoms. The van der Waals surface area contributed by atoms with Crippen molar-refractivity contribution in [3.05, 3.63) is 76.6 Å². The molecule has 0 aliphatic carbocycles. The molecule has 0 unspecified atom stereocenters. The molecule has 1 aromatic carbocycles. The number of hydrogen-bond acceptors (Lipinski definition) is 4. The number of rotatable bonds is 5. The van der Waals surface area contributed by atoms with Crippen LogP contribution in [0.1, 0.15) is 52.9 Å². The minimum atomic E-state index is -4.36. The first kappa shape index (κ1) is 22.0. The molecule has 1 aliphatic rings. The van der Waals surface area contributed by atoms with E-state index in [0.717, 1.165) is 30.2 Å². The van der Waals surface area contributed by atoms with E-state index >= 15 is 0 Å². The van der Waals surface area contributed by atoms with Gasteiger partial charge in [-0.3, -0.25) is 9.78 Å². The van der Waals surface area contributed by atoms with E-state index < -0.39 is 11.7 Å². The Kier molecular flexibility index (Phi) is 5.99.